The van der Waals surface area contributed by atoms with Gasteiger partial charge in [-0.3, -0.25) is 9.80 Å². The SMILES string of the molecule is CC[C@@H](C=O)N1C(c2ncc(-c3ccc(C#Cc4ccc(-c5cnc(C6CC[C@H](C)N6[C@H](C=O)CC)[nH]5)cc4)cc3)[nH]2)CC[C@@H]1C. The van der Waals surface area contributed by atoms with Gasteiger partial charge in [-0.15, -0.1) is 0 Å². The summed E-state index contributed by atoms with van der Waals surface area (Å²) in [7, 11) is 0. The number of hydrogen-bond acceptors (Lipinski definition) is 6. The van der Waals surface area contributed by atoms with Crippen LogP contribution >= 0.6 is 0 Å². The van der Waals surface area contributed by atoms with Crippen molar-refractivity contribution in [2.45, 2.75) is 102 Å². The molecule has 2 aliphatic heterocycles. The second-order valence-electron chi connectivity index (χ2n) is 12.8. The molecule has 2 aromatic heterocycles. The van der Waals surface area contributed by atoms with Gasteiger partial charge in [-0.05, 0) is 87.8 Å². The van der Waals surface area contributed by atoms with Gasteiger partial charge in [0.05, 0.1) is 47.9 Å². The quantitative estimate of drug-likeness (QED) is 0.149. The zero-order chi connectivity index (χ0) is 32.2. The summed E-state index contributed by atoms with van der Waals surface area (Å²) >= 11 is 0. The molecule has 2 fully saturated rings. The molecule has 6 rings (SSSR count). The van der Waals surface area contributed by atoms with Gasteiger partial charge >= 0.3 is 0 Å². The Labute approximate surface area is 272 Å². The van der Waals surface area contributed by atoms with Gasteiger partial charge in [0, 0.05) is 23.2 Å². The minimum Gasteiger partial charge on any atom is -0.341 e. The first-order valence-corrected chi connectivity index (χ1v) is 16.7. The Hall–Kier alpha value is -4.32. The van der Waals surface area contributed by atoms with Crippen LogP contribution < -0.4 is 0 Å². The van der Waals surface area contributed by atoms with Crippen LogP contribution in [0.5, 0.6) is 0 Å². The summed E-state index contributed by atoms with van der Waals surface area (Å²) in [5.74, 6) is 8.43. The summed E-state index contributed by atoms with van der Waals surface area (Å²) in [6.45, 7) is 8.52. The molecule has 238 valence electrons. The highest BCUT2D eigenvalue weighted by Crippen LogP contribution is 2.38. The Morgan fingerprint density at radius 1 is 0.696 bits per heavy atom. The average Bonchev–Trinajstić information content (AvgIpc) is 3.90. The Morgan fingerprint density at radius 2 is 1.09 bits per heavy atom. The molecule has 0 amide bonds. The van der Waals surface area contributed by atoms with E-state index in [2.05, 4.69) is 83.6 Å². The normalized spacial score (nSPS) is 23.1. The number of nitrogens with one attached hydrogen (secondary N) is 2. The summed E-state index contributed by atoms with van der Waals surface area (Å²) in [5.41, 5.74) is 5.92. The maximum Gasteiger partial charge on any atom is 0.137 e. The third-order valence-electron chi connectivity index (χ3n) is 9.94. The second kappa shape index (κ2) is 14.0. The van der Waals surface area contributed by atoms with Crippen LogP contribution in [0.2, 0.25) is 0 Å². The van der Waals surface area contributed by atoms with E-state index in [9.17, 15) is 9.59 Å². The van der Waals surface area contributed by atoms with Gasteiger partial charge in [-0.25, -0.2) is 9.97 Å². The molecule has 0 bridgehead atoms. The van der Waals surface area contributed by atoms with Crippen molar-refractivity contribution in [1.29, 1.82) is 0 Å². The lowest BCUT2D eigenvalue weighted by atomic mass is 10.1. The second-order valence-corrected chi connectivity index (χ2v) is 12.8. The number of rotatable bonds is 10. The van der Waals surface area contributed by atoms with Crippen molar-refractivity contribution in [3.63, 3.8) is 0 Å². The first-order valence-electron chi connectivity index (χ1n) is 16.7. The lowest BCUT2D eigenvalue weighted by Crippen LogP contribution is -2.40. The van der Waals surface area contributed by atoms with Gasteiger partial charge in [0.25, 0.3) is 0 Å². The van der Waals surface area contributed by atoms with E-state index in [1.165, 1.54) is 0 Å². The molecular formula is C38H44N6O2. The highest BCUT2D eigenvalue weighted by molar-refractivity contribution is 5.62. The van der Waals surface area contributed by atoms with Crippen molar-refractivity contribution in [2.75, 3.05) is 0 Å². The van der Waals surface area contributed by atoms with Gasteiger partial charge in [-0.2, -0.15) is 0 Å². The van der Waals surface area contributed by atoms with Gasteiger partial charge in [0.15, 0.2) is 0 Å². The van der Waals surface area contributed by atoms with E-state index < -0.39 is 0 Å². The van der Waals surface area contributed by atoms with Gasteiger partial charge < -0.3 is 19.6 Å². The molecule has 2 N–H and O–H groups in total. The monoisotopic (exact) mass is 616 g/mol. The van der Waals surface area contributed by atoms with Crippen LogP contribution in [-0.2, 0) is 9.59 Å². The third kappa shape index (κ3) is 6.35. The number of likely N-dealkylation sites (tertiary alicyclic amines) is 2. The van der Waals surface area contributed by atoms with E-state index in [0.717, 1.165) is 96.4 Å². The molecule has 2 aromatic carbocycles. The smallest absolute Gasteiger partial charge is 0.137 e. The summed E-state index contributed by atoms with van der Waals surface area (Å²) in [4.78, 5) is 44.5. The fourth-order valence-corrected chi connectivity index (χ4v) is 7.35. The van der Waals surface area contributed by atoms with Crippen molar-refractivity contribution in [2.24, 2.45) is 0 Å². The number of benzene rings is 2. The minimum atomic E-state index is -0.0794. The molecule has 2 unspecified atom stereocenters. The summed E-state index contributed by atoms with van der Waals surface area (Å²) in [6.07, 6.45) is 11.7. The van der Waals surface area contributed by atoms with Crippen LogP contribution in [0.15, 0.2) is 60.9 Å². The van der Waals surface area contributed by atoms with Crippen LogP contribution in [0.25, 0.3) is 22.5 Å². The molecule has 2 aliphatic rings. The maximum atomic E-state index is 11.7. The zero-order valence-corrected chi connectivity index (χ0v) is 27.2. The molecule has 4 heterocycles. The lowest BCUT2D eigenvalue weighted by Gasteiger charge is -2.31. The number of imidazole rings is 2. The molecule has 8 heteroatoms. The highest BCUT2D eigenvalue weighted by atomic mass is 16.1. The first-order chi connectivity index (χ1) is 22.4. The van der Waals surface area contributed by atoms with Crippen molar-refractivity contribution in [1.82, 2.24) is 29.7 Å². The van der Waals surface area contributed by atoms with Gasteiger partial charge in [-0.1, -0.05) is 50.0 Å². The maximum absolute atomic E-state index is 11.7. The fourth-order valence-electron chi connectivity index (χ4n) is 7.35. The molecule has 2 saturated heterocycles. The Balaban J connectivity index is 1.10. The van der Waals surface area contributed by atoms with Gasteiger partial charge in [0.2, 0.25) is 0 Å². The van der Waals surface area contributed by atoms with E-state index in [0.29, 0.717) is 12.1 Å². The Kier molecular flexibility index (Phi) is 9.62. The van der Waals surface area contributed by atoms with E-state index in [4.69, 9.17) is 9.97 Å². The Morgan fingerprint density at radius 3 is 1.43 bits per heavy atom. The molecule has 6 atom stereocenters. The number of H-pyrrole nitrogens is 2. The van der Waals surface area contributed by atoms with Crippen LogP contribution in [0.1, 0.15) is 101 Å². The van der Waals surface area contributed by atoms with Crippen molar-refractivity contribution in [3.05, 3.63) is 83.7 Å². The highest BCUT2D eigenvalue weighted by Gasteiger charge is 2.38. The number of aromatic amines is 2. The van der Waals surface area contributed by atoms with Crippen molar-refractivity contribution in [3.8, 4) is 34.4 Å². The molecule has 8 nitrogen and oxygen atoms in total. The van der Waals surface area contributed by atoms with Crippen molar-refractivity contribution < 1.29 is 9.59 Å². The number of hydrogen-bond donors (Lipinski definition) is 2. The lowest BCUT2D eigenvalue weighted by molar-refractivity contribution is -0.114. The number of aldehydes is 2. The topological polar surface area (TPSA) is 98.0 Å². The standard InChI is InChI=1S/C38H44N6O2/c1-5-31(23-45)43-25(3)7-19-35(43)37-39-21-33(41-37)29-15-11-27(12-16-29)9-10-28-13-17-30(18-14-28)34-22-40-38(42-34)36-20-8-26(4)44(36)32(6-2)24-46/h11-18,21-26,31-32,35-36H,5-8,19-20H2,1-4H3,(H,39,41)(H,40,42)/t25-,26-,31-,32-,35?,36?/m0/s1. The number of nitrogens with zero attached hydrogens (tertiary/aromatic N) is 4. The van der Waals surface area contributed by atoms with Crippen LogP contribution in [0.4, 0.5) is 0 Å². The first kappa shape index (κ1) is 31.7. The molecule has 46 heavy (non-hydrogen) atoms. The van der Waals surface area contributed by atoms with Crippen LogP contribution in [0.3, 0.4) is 0 Å². The van der Waals surface area contributed by atoms with Crippen molar-refractivity contribution >= 4 is 12.6 Å². The fraction of sp³-hybridized carbons (Fsp3) is 0.421. The molecule has 0 saturated carbocycles. The largest absolute Gasteiger partial charge is 0.341 e. The molecule has 0 aliphatic carbocycles. The molecule has 0 radical (unpaired) electrons. The molecule has 4 aromatic rings. The Bertz CT molecular complexity index is 1570. The van der Waals surface area contributed by atoms with Crippen LogP contribution in [-0.4, -0.2) is 66.5 Å². The number of carbonyl (C=O) groups is 2. The summed E-state index contributed by atoms with van der Waals surface area (Å²) < 4.78 is 0. The number of aromatic nitrogens is 4. The zero-order valence-electron chi connectivity index (χ0n) is 27.2. The van der Waals surface area contributed by atoms with Gasteiger partial charge in [0.1, 0.15) is 24.2 Å². The van der Waals surface area contributed by atoms with E-state index in [1.807, 2.05) is 36.7 Å². The predicted octanol–water partition coefficient (Wildman–Crippen LogP) is 6.87. The summed E-state index contributed by atoms with van der Waals surface area (Å²) in [5, 5.41) is 0. The predicted molar refractivity (Wildman–Crippen MR) is 181 cm³/mol. The van der Waals surface area contributed by atoms with Crippen LogP contribution in [0, 0.1) is 11.8 Å². The van der Waals surface area contributed by atoms with E-state index >= 15 is 0 Å². The average molecular weight is 617 g/mol. The van der Waals surface area contributed by atoms with E-state index in [1.54, 1.807) is 0 Å². The third-order valence-corrected chi connectivity index (χ3v) is 9.94. The molecular weight excluding hydrogens is 572 g/mol. The number of carbonyl (C=O) groups excluding carboxylic acids is 2. The minimum absolute atomic E-state index is 0.0794. The van der Waals surface area contributed by atoms with E-state index in [-0.39, 0.29) is 24.2 Å². The summed E-state index contributed by atoms with van der Waals surface area (Å²) in [6, 6.07) is 17.3. The molecule has 0 spiro atoms.